The fourth-order valence-corrected chi connectivity index (χ4v) is 1.03. The molecule has 0 spiro atoms. The van der Waals surface area contributed by atoms with Crippen molar-refractivity contribution in [1.29, 1.82) is 0 Å². The molecule has 1 aromatic rings. The molecule has 4 nitrogen and oxygen atoms in total. The number of halogens is 1. The van der Waals surface area contributed by atoms with Crippen LogP contribution in [0.25, 0.3) is 0 Å². The smallest absolute Gasteiger partial charge is 0.413 e. The number of hydrogen-bond acceptors (Lipinski definition) is 3. The van der Waals surface area contributed by atoms with Gasteiger partial charge in [0, 0.05) is 6.20 Å². The summed E-state index contributed by atoms with van der Waals surface area (Å²) >= 11 is 0. The summed E-state index contributed by atoms with van der Waals surface area (Å²) in [6.45, 7) is 6.90. The van der Waals surface area contributed by atoms with Crippen LogP contribution in [0, 0.1) is 12.7 Å². The van der Waals surface area contributed by atoms with E-state index in [1.807, 2.05) is 0 Å². The lowest BCUT2D eigenvalue weighted by Gasteiger charge is -2.19. The molecule has 1 N–H and O–H groups in total. The quantitative estimate of drug-likeness (QED) is 0.801. The van der Waals surface area contributed by atoms with E-state index in [4.69, 9.17) is 4.74 Å². The number of nitrogens with one attached hydrogen (secondary N) is 1. The number of ether oxygens (including phenoxy) is 1. The van der Waals surface area contributed by atoms with Crippen molar-refractivity contribution in [3.63, 3.8) is 0 Å². The van der Waals surface area contributed by atoms with Gasteiger partial charge < -0.3 is 4.74 Å². The Morgan fingerprint density at radius 1 is 1.50 bits per heavy atom. The predicted octanol–water partition coefficient (Wildman–Crippen LogP) is 2.88. The maximum absolute atomic E-state index is 13.3. The number of rotatable bonds is 1. The second-order valence-corrected chi connectivity index (χ2v) is 4.47. The molecule has 5 heteroatoms. The Balaban J connectivity index is 2.70. The maximum atomic E-state index is 13.3. The molecule has 88 valence electrons. The van der Waals surface area contributed by atoms with Gasteiger partial charge in [0.15, 0.2) is 11.6 Å². The van der Waals surface area contributed by atoms with Gasteiger partial charge in [-0.05, 0) is 39.3 Å². The Hall–Kier alpha value is -1.65. The third-order valence-corrected chi connectivity index (χ3v) is 1.60. The first-order valence-corrected chi connectivity index (χ1v) is 4.90. The molecular formula is C11H15FN2O2. The van der Waals surface area contributed by atoms with Crippen LogP contribution in [0.4, 0.5) is 15.0 Å². The molecule has 0 aromatic carbocycles. The van der Waals surface area contributed by atoms with Crippen LogP contribution in [0.3, 0.4) is 0 Å². The van der Waals surface area contributed by atoms with Gasteiger partial charge in [-0.3, -0.25) is 5.32 Å². The summed E-state index contributed by atoms with van der Waals surface area (Å²) in [7, 11) is 0. The fourth-order valence-electron chi connectivity index (χ4n) is 1.03. The van der Waals surface area contributed by atoms with Gasteiger partial charge in [0.05, 0.1) is 0 Å². The number of anilines is 1. The van der Waals surface area contributed by atoms with Crippen molar-refractivity contribution in [3.8, 4) is 0 Å². The summed E-state index contributed by atoms with van der Waals surface area (Å²) in [5.74, 6) is -0.703. The molecule has 0 fully saturated rings. The first-order valence-electron chi connectivity index (χ1n) is 4.90. The zero-order valence-electron chi connectivity index (χ0n) is 9.80. The van der Waals surface area contributed by atoms with E-state index < -0.39 is 17.5 Å². The Kier molecular flexibility index (Phi) is 3.47. The van der Waals surface area contributed by atoms with Crippen LogP contribution < -0.4 is 5.32 Å². The molecule has 0 aliphatic carbocycles. The Morgan fingerprint density at radius 2 is 2.12 bits per heavy atom. The highest BCUT2D eigenvalue weighted by Gasteiger charge is 2.17. The largest absolute Gasteiger partial charge is 0.444 e. The normalized spacial score (nSPS) is 11.1. The Bertz CT molecular complexity index is 399. The van der Waals surface area contributed by atoms with Crippen LogP contribution in [0.5, 0.6) is 0 Å². The lowest BCUT2D eigenvalue weighted by molar-refractivity contribution is 0.0634. The standard InChI is InChI=1S/C11H15FN2O2/c1-7-5-8(12)9(13-6-7)14-10(15)16-11(2,3)4/h5-6H,1-4H3,(H,13,14,15). The maximum Gasteiger partial charge on any atom is 0.413 e. The van der Waals surface area contributed by atoms with E-state index in [2.05, 4.69) is 10.3 Å². The van der Waals surface area contributed by atoms with E-state index in [0.717, 1.165) is 0 Å². The molecule has 1 rings (SSSR count). The van der Waals surface area contributed by atoms with Crippen LogP contribution in [0.1, 0.15) is 26.3 Å². The first-order chi connectivity index (χ1) is 7.28. The SMILES string of the molecule is Cc1cnc(NC(=O)OC(C)(C)C)c(F)c1. The zero-order valence-corrected chi connectivity index (χ0v) is 9.80. The van der Waals surface area contributed by atoms with Gasteiger partial charge in [-0.2, -0.15) is 0 Å². The Morgan fingerprint density at radius 3 is 2.62 bits per heavy atom. The minimum atomic E-state index is -0.720. The summed E-state index contributed by atoms with van der Waals surface area (Å²) < 4.78 is 18.3. The van der Waals surface area contributed by atoms with Crippen LogP contribution in [0.15, 0.2) is 12.3 Å². The van der Waals surface area contributed by atoms with E-state index in [0.29, 0.717) is 5.56 Å². The van der Waals surface area contributed by atoms with Crippen molar-refractivity contribution < 1.29 is 13.9 Å². The van der Waals surface area contributed by atoms with Crippen LogP contribution in [-0.2, 0) is 4.74 Å². The average molecular weight is 226 g/mol. The van der Waals surface area contributed by atoms with Gasteiger partial charge in [-0.25, -0.2) is 14.2 Å². The number of hydrogen-bond donors (Lipinski definition) is 1. The lowest BCUT2D eigenvalue weighted by Crippen LogP contribution is -2.27. The molecule has 0 bridgehead atoms. The number of pyridine rings is 1. The van der Waals surface area contributed by atoms with Gasteiger partial charge in [-0.1, -0.05) is 0 Å². The monoisotopic (exact) mass is 226 g/mol. The van der Waals surface area contributed by atoms with Crippen molar-refractivity contribution in [2.24, 2.45) is 0 Å². The highest BCUT2D eigenvalue weighted by molar-refractivity contribution is 5.83. The molecule has 1 aromatic heterocycles. The van der Waals surface area contributed by atoms with Gasteiger partial charge >= 0.3 is 6.09 Å². The zero-order chi connectivity index (χ0) is 12.3. The van der Waals surface area contributed by atoms with E-state index >= 15 is 0 Å². The van der Waals surface area contributed by atoms with Gasteiger partial charge in [0.25, 0.3) is 0 Å². The van der Waals surface area contributed by atoms with E-state index in [9.17, 15) is 9.18 Å². The van der Waals surface area contributed by atoms with Crippen molar-refractivity contribution >= 4 is 11.9 Å². The van der Waals surface area contributed by atoms with Crippen molar-refractivity contribution in [2.75, 3.05) is 5.32 Å². The summed E-state index contributed by atoms with van der Waals surface area (Å²) in [5.41, 5.74) is 0.0675. The van der Waals surface area contributed by atoms with Crippen molar-refractivity contribution in [1.82, 2.24) is 4.98 Å². The third kappa shape index (κ3) is 3.84. The molecule has 0 saturated carbocycles. The fraction of sp³-hybridized carbons (Fsp3) is 0.455. The summed E-state index contributed by atoms with van der Waals surface area (Å²) in [6, 6.07) is 1.29. The van der Waals surface area contributed by atoms with Crippen molar-refractivity contribution in [2.45, 2.75) is 33.3 Å². The topological polar surface area (TPSA) is 51.2 Å². The molecule has 0 aliphatic rings. The molecule has 1 amide bonds. The molecule has 0 atom stereocenters. The number of amides is 1. The van der Waals surface area contributed by atoms with Crippen molar-refractivity contribution in [3.05, 3.63) is 23.6 Å². The molecule has 0 unspecified atom stereocenters. The molecular weight excluding hydrogens is 211 g/mol. The second-order valence-electron chi connectivity index (χ2n) is 4.47. The number of aryl methyl sites for hydroxylation is 1. The number of nitrogens with zero attached hydrogens (tertiary/aromatic N) is 1. The van der Waals surface area contributed by atoms with E-state index in [1.165, 1.54) is 12.3 Å². The molecule has 0 radical (unpaired) electrons. The van der Waals surface area contributed by atoms with Crippen LogP contribution in [0.2, 0.25) is 0 Å². The average Bonchev–Trinajstić information content (AvgIpc) is 2.06. The predicted molar refractivity (Wildman–Crippen MR) is 58.8 cm³/mol. The molecule has 1 heterocycles. The summed E-state index contributed by atoms with van der Waals surface area (Å²) in [4.78, 5) is 15.1. The third-order valence-electron chi connectivity index (χ3n) is 1.60. The lowest BCUT2D eigenvalue weighted by atomic mass is 10.2. The highest BCUT2D eigenvalue weighted by atomic mass is 19.1. The summed E-state index contributed by atoms with van der Waals surface area (Å²) in [6.07, 6.45) is 0.748. The number of carbonyl (C=O) groups excluding carboxylic acids is 1. The van der Waals surface area contributed by atoms with E-state index in [-0.39, 0.29) is 5.82 Å². The molecule has 0 saturated heterocycles. The van der Waals surface area contributed by atoms with Crippen LogP contribution >= 0.6 is 0 Å². The van der Waals surface area contributed by atoms with E-state index in [1.54, 1.807) is 27.7 Å². The Labute approximate surface area is 93.8 Å². The molecule has 0 aliphatic heterocycles. The number of aromatic nitrogens is 1. The number of carbonyl (C=O) groups is 1. The van der Waals surface area contributed by atoms with Gasteiger partial charge in [-0.15, -0.1) is 0 Å². The van der Waals surface area contributed by atoms with Gasteiger partial charge in [0.1, 0.15) is 5.60 Å². The first kappa shape index (κ1) is 12.4. The minimum Gasteiger partial charge on any atom is -0.444 e. The minimum absolute atomic E-state index is 0.125. The second kappa shape index (κ2) is 4.47. The molecule has 16 heavy (non-hydrogen) atoms. The summed E-state index contributed by atoms with van der Waals surface area (Å²) in [5, 5.41) is 2.25. The van der Waals surface area contributed by atoms with Crippen LogP contribution in [-0.4, -0.2) is 16.7 Å². The highest BCUT2D eigenvalue weighted by Crippen LogP contribution is 2.13. The van der Waals surface area contributed by atoms with Gasteiger partial charge in [0.2, 0.25) is 0 Å².